The first-order valence-electron chi connectivity index (χ1n) is 10.4. The van der Waals surface area contributed by atoms with E-state index < -0.39 is 0 Å². The van der Waals surface area contributed by atoms with E-state index >= 15 is 0 Å². The lowest BCUT2D eigenvalue weighted by Gasteiger charge is -2.37. The monoisotopic (exact) mass is 407 g/mol. The van der Waals surface area contributed by atoms with E-state index in [0.29, 0.717) is 19.0 Å². The van der Waals surface area contributed by atoms with Crippen LogP contribution in [0.3, 0.4) is 0 Å². The molecule has 2 atom stereocenters. The van der Waals surface area contributed by atoms with Crippen molar-refractivity contribution in [3.05, 3.63) is 35.9 Å². The fraction of sp³-hybridized carbons (Fsp3) is 0.636. The SMILES string of the molecule is CC1CCN(C(=O)C2CCN(C(=O)C(C)C(N)c3ccccc3)CC2)CC1.Cl. The number of carbonyl (C=O) groups is 2. The number of hydrogen-bond acceptors (Lipinski definition) is 3. The molecule has 0 bridgehead atoms. The first-order chi connectivity index (χ1) is 13.0. The standard InChI is InChI=1S/C22H33N3O2.ClH/c1-16-8-12-25(13-9-16)22(27)19-10-14-24(15-11-19)21(26)17(2)20(23)18-6-4-3-5-7-18;/h3-7,16-17,19-20H,8-15,23H2,1-2H3;1H. The summed E-state index contributed by atoms with van der Waals surface area (Å²) in [4.78, 5) is 29.6. The Hall–Kier alpha value is -1.59. The van der Waals surface area contributed by atoms with Gasteiger partial charge in [0.2, 0.25) is 11.8 Å². The number of halogens is 1. The molecule has 2 amide bonds. The summed E-state index contributed by atoms with van der Waals surface area (Å²) in [5.41, 5.74) is 7.31. The van der Waals surface area contributed by atoms with Gasteiger partial charge >= 0.3 is 0 Å². The number of nitrogens with zero attached hydrogens (tertiary/aromatic N) is 2. The second kappa shape index (κ2) is 10.3. The summed E-state index contributed by atoms with van der Waals surface area (Å²) >= 11 is 0. The van der Waals surface area contributed by atoms with Gasteiger partial charge in [-0.15, -0.1) is 12.4 Å². The topological polar surface area (TPSA) is 66.6 Å². The normalized spacial score (nSPS) is 21.0. The third kappa shape index (κ3) is 5.26. The van der Waals surface area contributed by atoms with E-state index in [1.165, 1.54) is 0 Å². The Labute approximate surface area is 175 Å². The third-order valence-corrected chi connectivity index (χ3v) is 6.36. The highest BCUT2D eigenvalue weighted by atomic mass is 35.5. The summed E-state index contributed by atoms with van der Waals surface area (Å²) in [5.74, 6) is 0.930. The number of amides is 2. The highest BCUT2D eigenvalue weighted by molar-refractivity contribution is 5.85. The van der Waals surface area contributed by atoms with Crippen LogP contribution in [0.2, 0.25) is 0 Å². The predicted octanol–water partition coefficient (Wildman–Crippen LogP) is 3.24. The zero-order valence-electron chi connectivity index (χ0n) is 17.0. The molecule has 2 aliphatic heterocycles. The largest absolute Gasteiger partial charge is 0.342 e. The Morgan fingerprint density at radius 2 is 1.50 bits per heavy atom. The molecule has 3 rings (SSSR count). The van der Waals surface area contributed by atoms with E-state index in [1.807, 2.05) is 47.1 Å². The van der Waals surface area contributed by atoms with Crippen LogP contribution in [0.15, 0.2) is 30.3 Å². The Balaban J connectivity index is 0.00000280. The zero-order valence-corrected chi connectivity index (χ0v) is 17.9. The molecule has 0 radical (unpaired) electrons. The quantitative estimate of drug-likeness (QED) is 0.833. The van der Waals surface area contributed by atoms with Gasteiger partial charge in [-0.2, -0.15) is 0 Å². The molecule has 156 valence electrons. The van der Waals surface area contributed by atoms with Gasteiger partial charge < -0.3 is 15.5 Å². The van der Waals surface area contributed by atoms with Crippen molar-refractivity contribution in [1.29, 1.82) is 0 Å². The molecule has 0 saturated carbocycles. The molecule has 5 nitrogen and oxygen atoms in total. The highest BCUT2D eigenvalue weighted by Crippen LogP contribution is 2.26. The fourth-order valence-electron chi connectivity index (χ4n) is 4.24. The van der Waals surface area contributed by atoms with Crippen molar-refractivity contribution in [2.45, 2.75) is 45.6 Å². The van der Waals surface area contributed by atoms with Crippen LogP contribution in [-0.4, -0.2) is 47.8 Å². The number of likely N-dealkylation sites (tertiary alicyclic amines) is 2. The predicted molar refractivity (Wildman–Crippen MR) is 114 cm³/mol. The fourth-order valence-corrected chi connectivity index (χ4v) is 4.24. The van der Waals surface area contributed by atoms with E-state index in [4.69, 9.17) is 5.73 Å². The molecule has 2 saturated heterocycles. The van der Waals surface area contributed by atoms with Crippen LogP contribution in [0.1, 0.15) is 51.1 Å². The zero-order chi connectivity index (χ0) is 19.4. The molecular formula is C22H34ClN3O2. The van der Waals surface area contributed by atoms with E-state index in [-0.39, 0.29) is 36.2 Å². The third-order valence-electron chi connectivity index (χ3n) is 6.36. The number of nitrogens with two attached hydrogens (primary N) is 1. The molecule has 2 heterocycles. The number of piperidine rings is 2. The summed E-state index contributed by atoms with van der Waals surface area (Å²) < 4.78 is 0. The van der Waals surface area contributed by atoms with Crippen LogP contribution >= 0.6 is 12.4 Å². The van der Waals surface area contributed by atoms with Crippen LogP contribution in [0.25, 0.3) is 0 Å². The molecule has 2 unspecified atom stereocenters. The molecule has 1 aromatic carbocycles. The van der Waals surface area contributed by atoms with Crippen molar-refractivity contribution < 1.29 is 9.59 Å². The van der Waals surface area contributed by atoms with Gasteiger partial charge in [-0.25, -0.2) is 0 Å². The second-order valence-corrected chi connectivity index (χ2v) is 8.33. The van der Waals surface area contributed by atoms with E-state index in [2.05, 4.69) is 6.92 Å². The molecule has 2 aliphatic rings. The lowest BCUT2D eigenvalue weighted by Crippen LogP contribution is -2.48. The maximum Gasteiger partial charge on any atom is 0.227 e. The lowest BCUT2D eigenvalue weighted by molar-refractivity contribution is -0.143. The van der Waals surface area contributed by atoms with Crippen molar-refractivity contribution in [2.75, 3.05) is 26.2 Å². The number of benzene rings is 1. The smallest absolute Gasteiger partial charge is 0.227 e. The van der Waals surface area contributed by atoms with Gasteiger partial charge in [0, 0.05) is 38.1 Å². The molecule has 1 aromatic rings. The summed E-state index contributed by atoms with van der Waals surface area (Å²) in [7, 11) is 0. The maximum atomic E-state index is 12.9. The van der Waals surface area contributed by atoms with Gasteiger partial charge in [-0.1, -0.05) is 44.2 Å². The Kier molecular flexibility index (Phi) is 8.32. The number of rotatable bonds is 4. The number of carbonyl (C=O) groups excluding carboxylic acids is 2. The molecule has 0 aliphatic carbocycles. The minimum absolute atomic E-state index is 0. The summed E-state index contributed by atoms with van der Waals surface area (Å²) in [5, 5.41) is 0. The minimum Gasteiger partial charge on any atom is -0.342 e. The van der Waals surface area contributed by atoms with Crippen LogP contribution in [0.5, 0.6) is 0 Å². The van der Waals surface area contributed by atoms with E-state index in [1.54, 1.807) is 0 Å². The molecular weight excluding hydrogens is 374 g/mol. The lowest BCUT2D eigenvalue weighted by atomic mass is 9.90. The van der Waals surface area contributed by atoms with E-state index in [0.717, 1.165) is 50.3 Å². The van der Waals surface area contributed by atoms with Crippen molar-refractivity contribution in [1.82, 2.24) is 9.80 Å². The van der Waals surface area contributed by atoms with Crippen LogP contribution in [0, 0.1) is 17.8 Å². The molecule has 2 N–H and O–H groups in total. The highest BCUT2D eigenvalue weighted by Gasteiger charge is 2.33. The van der Waals surface area contributed by atoms with Crippen LogP contribution in [-0.2, 0) is 9.59 Å². The maximum absolute atomic E-state index is 12.9. The first kappa shape index (κ1) is 22.7. The first-order valence-corrected chi connectivity index (χ1v) is 10.4. The molecule has 6 heteroatoms. The van der Waals surface area contributed by atoms with Gasteiger partial charge in [0.25, 0.3) is 0 Å². The van der Waals surface area contributed by atoms with Gasteiger partial charge in [-0.3, -0.25) is 9.59 Å². The Morgan fingerprint density at radius 1 is 0.964 bits per heavy atom. The summed E-state index contributed by atoms with van der Waals surface area (Å²) in [6.07, 6.45) is 3.75. The van der Waals surface area contributed by atoms with Gasteiger partial charge in [0.15, 0.2) is 0 Å². The van der Waals surface area contributed by atoms with Crippen molar-refractivity contribution >= 4 is 24.2 Å². The minimum atomic E-state index is -0.298. The second-order valence-electron chi connectivity index (χ2n) is 8.33. The van der Waals surface area contributed by atoms with Crippen molar-refractivity contribution in [2.24, 2.45) is 23.5 Å². The average Bonchev–Trinajstić information content (AvgIpc) is 2.73. The summed E-state index contributed by atoms with van der Waals surface area (Å²) in [6, 6.07) is 9.49. The van der Waals surface area contributed by atoms with Gasteiger partial charge in [0.1, 0.15) is 0 Å². The number of hydrogen-bond donors (Lipinski definition) is 1. The molecule has 0 spiro atoms. The van der Waals surface area contributed by atoms with Crippen molar-refractivity contribution in [3.8, 4) is 0 Å². The molecule has 0 aromatic heterocycles. The van der Waals surface area contributed by atoms with Gasteiger partial charge in [-0.05, 0) is 37.2 Å². The van der Waals surface area contributed by atoms with Crippen molar-refractivity contribution in [3.63, 3.8) is 0 Å². The average molecular weight is 408 g/mol. The van der Waals surface area contributed by atoms with Gasteiger partial charge in [0.05, 0.1) is 5.92 Å². The molecule has 28 heavy (non-hydrogen) atoms. The molecule has 2 fully saturated rings. The summed E-state index contributed by atoms with van der Waals surface area (Å²) in [6.45, 7) is 7.26. The van der Waals surface area contributed by atoms with E-state index in [9.17, 15) is 9.59 Å². The Morgan fingerprint density at radius 3 is 2.07 bits per heavy atom. The van der Waals surface area contributed by atoms with Crippen LogP contribution in [0.4, 0.5) is 0 Å². The van der Waals surface area contributed by atoms with Crippen LogP contribution < -0.4 is 5.73 Å². The Bertz CT molecular complexity index is 638.